The zero-order valence-electron chi connectivity index (χ0n) is 12.3. The molecule has 0 radical (unpaired) electrons. The highest BCUT2D eigenvalue weighted by Crippen LogP contribution is 2.14. The van der Waals surface area contributed by atoms with Crippen molar-refractivity contribution in [3.63, 3.8) is 0 Å². The maximum Gasteiger partial charge on any atom is 0.255 e. The molecule has 0 aliphatic rings. The number of hydrogen-bond acceptors (Lipinski definition) is 4. The van der Waals surface area contributed by atoms with Gasteiger partial charge in [0.05, 0.1) is 12.0 Å². The minimum Gasteiger partial charge on any atom is -0.465 e. The van der Waals surface area contributed by atoms with E-state index in [9.17, 15) is 4.79 Å². The van der Waals surface area contributed by atoms with E-state index in [2.05, 4.69) is 20.5 Å². The highest BCUT2D eigenvalue weighted by Gasteiger charge is 2.12. The van der Waals surface area contributed by atoms with Crippen molar-refractivity contribution in [2.75, 3.05) is 0 Å². The Morgan fingerprint density at radius 1 is 1.26 bits per heavy atom. The molecular formula is C16H14N4O2S. The Bertz CT molecular complexity index is 889. The van der Waals surface area contributed by atoms with Crippen molar-refractivity contribution in [3.8, 4) is 0 Å². The first-order chi connectivity index (χ1) is 11.1. The Labute approximate surface area is 137 Å². The summed E-state index contributed by atoms with van der Waals surface area (Å²) in [4.78, 5) is 16.5. The highest BCUT2D eigenvalue weighted by atomic mass is 32.1. The van der Waals surface area contributed by atoms with Crippen LogP contribution in [0.15, 0.2) is 47.1 Å². The van der Waals surface area contributed by atoms with Crippen molar-refractivity contribution < 1.29 is 9.21 Å². The molecule has 0 aliphatic carbocycles. The van der Waals surface area contributed by atoms with Gasteiger partial charge in [0, 0.05) is 11.6 Å². The average Bonchev–Trinajstić information content (AvgIpc) is 3.19. The molecule has 6 nitrogen and oxygen atoms in total. The van der Waals surface area contributed by atoms with Gasteiger partial charge in [-0.1, -0.05) is 17.7 Å². The normalized spacial score (nSPS) is 11.4. The zero-order valence-corrected chi connectivity index (χ0v) is 13.1. The Kier molecular flexibility index (Phi) is 4.20. The number of nitrogens with one attached hydrogen (secondary N) is 3. The van der Waals surface area contributed by atoms with Crippen molar-refractivity contribution >= 4 is 29.9 Å². The first-order valence-electron chi connectivity index (χ1n) is 6.90. The van der Waals surface area contributed by atoms with Crippen molar-refractivity contribution in [1.82, 2.24) is 20.5 Å². The standard InChI is InChI=1S/C16H14N4O2S/c1-10-4-6-11(7-5-10)15(21)17-13(9-12-3-2-8-22-12)14-18-16(23)20-19-14/h2-9H,1H3,(H,17,21)(H2,18,19,20,23). The van der Waals surface area contributed by atoms with Crippen molar-refractivity contribution in [1.29, 1.82) is 0 Å². The number of hydrogen-bond donors (Lipinski definition) is 3. The summed E-state index contributed by atoms with van der Waals surface area (Å²) in [5.74, 6) is 0.767. The van der Waals surface area contributed by atoms with E-state index in [4.69, 9.17) is 16.6 Å². The van der Waals surface area contributed by atoms with E-state index in [0.29, 0.717) is 27.6 Å². The number of aromatic amines is 2. The number of benzene rings is 1. The van der Waals surface area contributed by atoms with E-state index in [-0.39, 0.29) is 5.91 Å². The van der Waals surface area contributed by atoms with Crippen LogP contribution in [0, 0.1) is 11.7 Å². The average molecular weight is 326 g/mol. The fraction of sp³-hybridized carbons (Fsp3) is 0.0625. The Hall–Kier alpha value is -2.93. The van der Waals surface area contributed by atoms with Gasteiger partial charge in [0.15, 0.2) is 5.82 Å². The Morgan fingerprint density at radius 2 is 2.04 bits per heavy atom. The molecule has 1 aromatic carbocycles. The van der Waals surface area contributed by atoms with Gasteiger partial charge in [-0.05, 0) is 43.4 Å². The number of furan rings is 1. The Balaban J connectivity index is 1.91. The van der Waals surface area contributed by atoms with Gasteiger partial charge in [-0.3, -0.25) is 15.0 Å². The summed E-state index contributed by atoms with van der Waals surface area (Å²) in [6, 6.07) is 10.8. The molecule has 0 unspecified atom stereocenters. The van der Waals surface area contributed by atoms with Crippen LogP contribution in [0.25, 0.3) is 11.8 Å². The maximum absolute atomic E-state index is 12.4. The molecule has 3 N–H and O–H groups in total. The van der Waals surface area contributed by atoms with E-state index in [1.165, 1.54) is 0 Å². The second-order valence-corrected chi connectivity index (χ2v) is 5.30. The largest absolute Gasteiger partial charge is 0.465 e. The summed E-state index contributed by atoms with van der Waals surface area (Å²) >= 11 is 4.96. The van der Waals surface area contributed by atoms with Gasteiger partial charge in [-0.25, -0.2) is 0 Å². The molecule has 1 amide bonds. The molecule has 2 heterocycles. The first-order valence-corrected chi connectivity index (χ1v) is 7.31. The summed E-state index contributed by atoms with van der Waals surface area (Å²) in [5.41, 5.74) is 2.09. The second-order valence-electron chi connectivity index (χ2n) is 4.91. The van der Waals surface area contributed by atoms with Gasteiger partial charge in [0.1, 0.15) is 5.76 Å². The number of rotatable bonds is 4. The molecule has 0 fully saturated rings. The summed E-state index contributed by atoms with van der Waals surface area (Å²) < 4.78 is 5.59. The molecule has 23 heavy (non-hydrogen) atoms. The minimum absolute atomic E-state index is 0.245. The molecule has 3 aromatic rings. The lowest BCUT2D eigenvalue weighted by Crippen LogP contribution is -2.22. The molecule has 0 bridgehead atoms. The van der Waals surface area contributed by atoms with Crippen LogP contribution in [-0.2, 0) is 0 Å². The van der Waals surface area contributed by atoms with Gasteiger partial charge >= 0.3 is 0 Å². The predicted molar refractivity (Wildman–Crippen MR) is 89.0 cm³/mol. The van der Waals surface area contributed by atoms with Gasteiger partial charge in [-0.15, -0.1) is 0 Å². The van der Waals surface area contributed by atoms with Crippen LogP contribution < -0.4 is 5.32 Å². The van der Waals surface area contributed by atoms with E-state index < -0.39 is 0 Å². The summed E-state index contributed by atoms with van der Waals surface area (Å²) in [6.07, 6.45) is 3.23. The van der Waals surface area contributed by atoms with Crippen molar-refractivity contribution in [3.05, 3.63) is 70.1 Å². The smallest absolute Gasteiger partial charge is 0.255 e. The van der Waals surface area contributed by atoms with E-state index in [1.807, 2.05) is 19.1 Å². The number of nitrogens with zero attached hydrogens (tertiary/aromatic N) is 1. The van der Waals surface area contributed by atoms with Gasteiger partial charge in [0.2, 0.25) is 4.77 Å². The van der Waals surface area contributed by atoms with E-state index in [1.54, 1.807) is 36.6 Å². The van der Waals surface area contributed by atoms with Gasteiger partial charge in [-0.2, -0.15) is 4.98 Å². The fourth-order valence-corrected chi connectivity index (χ4v) is 2.12. The molecule has 0 saturated heterocycles. The van der Waals surface area contributed by atoms with Crippen LogP contribution in [0.3, 0.4) is 0 Å². The topological polar surface area (TPSA) is 86.7 Å². The van der Waals surface area contributed by atoms with Gasteiger partial charge < -0.3 is 9.73 Å². The maximum atomic E-state index is 12.4. The SMILES string of the molecule is Cc1ccc(C(=O)NC(=Cc2ccco2)c2nc(=S)[nH][nH]2)cc1. The molecule has 116 valence electrons. The van der Waals surface area contributed by atoms with Crippen molar-refractivity contribution in [2.24, 2.45) is 0 Å². The van der Waals surface area contributed by atoms with E-state index in [0.717, 1.165) is 5.56 Å². The third kappa shape index (κ3) is 3.64. The van der Waals surface area contributed by atoms with Crippen LogP contribution >= 0.6 is 12.2 Å². The lowest BCUT2D eigenvalue weighted by atomic mass is 10.1. The molecule has 0 saturated carbocycles. The lowest BCUT2D eigenvalue weighted by molar-refractivity contribution is 0.0973. The fourth-order valence-electron chi connectivity index (χ4n) is 1.98. The predicted octanol–water partition coefficient (Wildman–Crippen LogP) is 3.30. The number of carbonyl (C=O) groups excluding carboxylic acids is 1. The number of carbonyl (C=O) groups is 1. The quantitative estimate of drug-likeness (QED) is 0.642. The molecular weight excluding hydrogens is 312 g/mol. The number of H-pyrrole nitrogens is 2. The molecule has 0 spiro atoms. The molecule has 0 aliphatic heterocycles. The highest BCUT2D eigenvalue weighted by molar-refractivity contribution is 7.71. The number of aryl methyl sites for hydroxylation is 1. The number of aromatic nitrogens is 3. The summed E-state index contributed by atoms with van der Waals surface area (Å²) in [5, 5.41) is 8.35. The van der Waals surface area contributed by atoms with Crippen LogP contribution in [0.4, 0.5) is 0 Å². The third-order valence-electron chi connectivity index (χ3n) is 3.15. The third-order valence-corrected chi connectivity index (χ3v) is 3.34. The molecule has 3 rings (SSSR count). The lowest BCUT2D eigenvalue weighted by Gasteiger charge is -2.07. The first kappa shape index (κ1) is 15.0. The Morgan fingerprint density at radius 3 is 2.65 bits per heavy atom. The van der Waals surface area contributed by atoms with E-state index >= 15 is 0 Å². The van der Waals surface area contributed by atoms with Crippen LogP contribution in [0.2, 0.25) is 0 Å². The van der Waals surface area contributed by atoms with Crippen molar-refractivity contribution in [2.45, 2.75) is 6.92 Å². The zero-order chi connectivity index (χ0) is 16.2. The summed E-state index contributed by atoms with van der Waals surface area (Å²) in [7, 11) is 0. The van der Waals surface area contributed by atoms with Gasteiger partial charge in [0.25, 0.3) is 5.91 Å². The minimum atomic E-state index is -0.245. The van der Waals surface area contributed by atoms with Crippen LogP contribution in [0.1, 0.15) is 27.5 Å². The molecule has 2 aromatic heterocycles. The number of amides is 1. The second kappa shape index (κ2) is 6.45. The monoisotopic (exact) mass is 326 g/mol. The molecule has 7 heteroatoms. The van der Waals surface area contributed by atoms with Crippen LogP contribution in [-0.4, -0.2) is 21.1 Å². The van der Waals surface area contributed by atoms with Crippen LogP contribution in [0.5, 0.6) is 0 Å². The summed E-state index contributed by atoms with van der Waals surface area (Å²) in [6.45, 7) is 1.97. The molecule has 0 atom stereocenters.